The number of likely N-dealkylation sites (tertiary alicyclic amines) is 1. The molecule has 2 aliphatic heterocycles. The Labute approximate surface area is 136 Å². The summed E-state index contributed by atoms with van der Waals surface area (Å²) in [5, 5.41) is 3.04. The molecule has 23 heavy (non-hydrogen) atoms. The number of hydrogen-bond acceptors (Lipinski definition) is 4. The molecule has 6 heteroatoms. The Bertz CT molecular complexity index is 602. The van der Waals surface area contributed by atoms with Crippen LogP contribution in [0.15, 0.2) is 24.5 Å². The lowest BCUT2D eigenvalue weighted by molar-refractivity contribution is -0.161. The van der Waals surface area contributed by atoms with Gasteiger partial charge in [0.1, 0.15) is 6.04 Å². The maximum absolute atomic E-state index is 12.9. The number of hydrogen-bond donors (Lipinski definition) is 1. The zero-order valence-electron chi connectivity index (χ0n) is 14.0. The van der Waals surface area contributed by atoms with Gasteiger partial charge in [0.25, 0.3) is 0 Å². The second kappa shape index (κ2) is 5.92. The van der Waals surface area contributed by atoms with Crippen LogP contribution < -0.4 is 5.32 Å². The van der Waals surface area contributed by atoms with Gasteiger partial charge in [0.05, 0.1) is 12.6 Å². The van der Waals surface area contributed by atoms with Gasteiger partial charge in [-0.2, -0.15) is 0 Å². The summed E-state index contributed by atoms with van der Waals surface area (Å²) in [5.41, 5.74) is 1.07. The highest BCUT2D eigenvalue weighted by molar-refractivity contribution is 5.89. The summed E-state index contributed by atoms with van der Waals surface area (Å²) in [6.45, 7) is 8.49. The van der Waals surface area contributed by atoms with Crippen molar-refractivity contribution < 1.29 is 9.59 Å². The summed E-state index contributed by atoms with van der Waals surface area (Å²) < 4.78 is 0. The number of carbonyl (C=O) groups is 2. The molecule has 2 unspecified atom stereocenters. The van der Waals surface area contributed by atoms with Crippen LogP contribution >= 0.6 is 0 Å². The van der Waals surface area contributed by atoms with Crippen molar-refractivity contribution in [2.24, 2.45) is 5.41 Å². The number of rotatable bonds is 3. The van der Waals surface area contributed by atoms with Crippen molar-refractivity contribution in [3.05, 3.63) is 30.1 Å². The molecule has 0 radical (unpaired) electrons. The Kier molecular flexibility index (Phi) is 4.10. The molecule has 0 aromatic carbocycles. The number of pyridine rings is 1. The molecule has 0 aliphatic carbocycles. The molecule has 2 amide bonds. The van der Waals surface area contributed by atoms with Gasteiger partial charge in [0, 0.05) is 37.4 Å². The summed E-state index contributed by atoms with van der Waals surface area (Å²) in [4.78, 5) is 32.7. The summed E-state index contributed by atoms with van der Waals surface area (Å²) in [6.07, 6.45) is 3.57. The van der Waals surface area contributed by atoms with E-state index in [1.54, 1.807) is 11.1 Å². The molecule has 2 atom stereocenters. The van der Waals surface area contributed by atoms with Crippen molar-refractivity contribution in [3.8, 4) is 0 Å². The van der Waals surface area contributed by atoms with Crippen LogP contribution in [0, 0.1) is 5.41 Å². The summed E-state index contributed by atoms with van der Waals surface area (Å²) in [6, 6.07) is 3.51. The molecular formula is C17H24N4O2. The lowest BCUT2D eigenvalue weighted by Crippen LogP contribution is -2.63. The standard InChI is InChI=1S/C17H24N4O2/c1-12(20-8-7-19-10-14(20)22)16(23)21-11-17(2,3)15(21)13-5-4-6-18-9-13/h4-6,9,12,15,19H,7-8,10-11H2,1-3H3. The topological polar surface area (TPSA) is 65.5 Å². The minimum absolute atomic E-state index is 0.00480. The summed E-state index contributed by atoms with van der Waals surface area (Å²) in [5.74, 6) is 0.0169. The van der Waals surface area contributed by atoms with Gasteiger partial charge in [-0.25, -0.2) is 0 Å². The molecule has 124 valence electrons. The van der Waals surface area contributed by atoms with Crippen molar-refractivity contribution in [2.45, 2.75) is 32.9 Å². The molecule has 3 rings (SSSR count). The fraction of sp³-hybridized carbons (Fsp3) is 0.588. The van der Waals surface area contributed by atoms with Crippen molar-refractivity contribution in [3.63, 3.8) is 0 Å². The minimum Gasteiger partial charge on any atom is -0.333 e. The fourth-order valence-corrected chi connectivity index (χ4v) is 3.70. The Hall–Kier alpha value is -1.95. The largest absolute Gasteiger partial charge is 0.333 e. The van der Waals surface area contributed by atoms with Gasteiger partial charge in [-0.3, -0.25) is 14.6 Å². The molecule has 3 heterocycles. The van der Waals surface area contributed by atoms with E-state index in [2.05, 4.69) is 24.1 Å². The maximum Gasteiger partial charge on any atom is 0.245 e. The average Bonchev–Trinajstić information content (AvgIpc) is 2.53. The average molecular weight is 316 g/mol. The van der Waals surface area contributed by atoms with Gasteiger partial charge in [0.2, 0.25) is 11.8 Å². The van der Waals surface area contributed by atoms with Crippen LogP contribution in [-0.4, -0.2) is 58.8 Å². The number of amides is 2. The van der Waals surface area contributed by atoms with Crippen molar-refractivity contribution in [1.82, 2.24) is 20.1 Å². The molecule has 0 saturated carbocycles. The van der Waals surface area contributed by atoms with Crippen LogP contribution in [0.1, 0.15) is 32.4 Å². The van der Waals surface area contributed by atoms with Crippen molar-refractivity contribution in [1.29, 1.82) is 0 Å². The number of nitrogens with zero attached hydrogens (tertiary/aromatic N) is 3. The van der Waals surface area contributed by atoms with Crippen LogP contribution in [0.3, 0.4) is 0 Å². The van der Waals surface area contributed by atoms with Crippen LogP contribution in [0.2, 0.25) is 0 Å². The maximum atomic E-state index is 12.9. The first-order valence-electron chi connectivity index (χ1n) is 8.12. The molecule has 1 aromatic heterocycles. The quantitative estimate of drug-likeness (QED) is 0.896. The van der Waals surface area contributed by atoms with E-state index in [1.165, 1.54) is 0 Å². The van der Waals surface area contributed by atoms with E-state index in [1.807, 2.05) is 30.2 Å². The van der Waals surface area contributed by atoms with E-state index in [-0.39, 0.29) is 23.3 Å². The third kappa shape index (κ3) is 2.83. The van der Waals surface area contributed by atoms with Gasteiger partial charge in [-0.15, -0.1) is 0 Å². The number of carbonyl (C=O) groups excluding carboxylic acids is 2. The highest BCUT2D eigenvalue weighted by Crippen LogP contribution is 2.48. The van der Waals surface area contributed by atoms with Gasteiger partial charge in [-0.05, 0) is 18.6 Å². The molecule has 0 spiro atoms. The lowest BCUT2D eigenvalue weighted by atomic mass is 9.71. The summed E-state index contributed by atoms with van der Waals surface area (Å²) >= 11 is 0. The van der Waals surface area contributed by atoms with E-state index in [9.17, 15) is 9.59 Å². The minimum atomic E-state index is -0.417. The number of aromatic nitrogens is 1. The Morgan fingerprint density at radius 3 is 2.87 bits per heavy atom. The molecule has 1 N–H and O–H groups in total. The SMILES string of the molecule is CC(C(=O)N1CC(C)(C)C1c1cccnc1)N1CCNCC1=O. The molecule has 6 nitrogen and oxygen atoms in total. The van der Waals surface area contributed by atoms with E-state index < -0.39 is 6.04 Å². The Morgan fingerprint density at radius 2 is 2.26 bits per heavy atom. The third-order valence-electron chi connectivity index (χ3n) is 4.86. The van der Waals surface area contributed by atoms with E-state index in [4.69, 9.17) is 0 Å². The predicted octanol–water partition coefficient (Wildman–Crippen LogP) is 0.811. The third-order valence-corrected chi connectivity index (χ3v) is 4.86. The normalized spacial score (nSPS) is 25.0. The Balaban J connectivity index is 1.78. The van der Waals surface area contributed by atoms with Gasteiger partial charge < -0.3 is 15.1 Å². The number of nitrogens with one attached hydrogen (secondary N) is 1. The fourth-order valence-electron chi connectivity index (χ4n) is 3.70. The molecule has 0 bridgehead atoms. The van der Waals surface area contributed by atoms with E-state index in [0.717, 1.165) is 12.1 Å². The first-order chi connectivity index (χ1) is 10.9. The summed E-state index contributed by atoms with van der Waals surface area (Å²) in [7, 11) is 0. The second-order valence-corrected chi connectivity index (χ2v) is 7.08. The van der Waals surface area contributed by atoms with Crippen LogP contribution in [0.5, 0.6) is 0 Å². The zero-order chi connectivity index (χ0) is 16.6. The predicted molar refractivity (Wildman–Crippen MR) is 86.5 cm³/mol. The van der Waals surface area contributed by atoms with Crippen LogP contribution in [-0.2, 0) is 9.59 Å². The van der Waals surface area contributed by atoms with E-state index >= 15 is 0 Å². The molecule has 2 saturated heterocycles. The lowest BCUT2D eigenvalue weighted by Gasteiger charge is -2.55. The zero-order valence-corrected chi connectivity index (χ0v) is 14.0. The number of piperazine rings is 1. The first kappa shape index (κ1) is 15.9. The highest BCUT2D eigenvalue weighted by Gasteiger charge is 2.50. The Morgan fingerprint density at radius 1 is 1.48 bits per heavy atom. The van der Waals surface area contributed by atoms with Crippen LogP contribution in [0.25, 0.3) is 0 Å². The highest BCUT2D eigenvalue weighted by atomic mass is 16.2. The molecule has 2 fully saturated rings. The van der Waals surface area contributed by atoms with Gasteiger partial charge in [0.15, 0.2) is 0 Å². The molecule has 1 aromatic rings. The molecule has 2 aliphatic rings. The van der Waals surface area contributed by atoms with Gasteiger partial charge >= 0.3 is 0 Å². The monoisotopic (exact) mass is 316 g/mol. The smallest absolute Gasteiger partial charge is 0.245 e. The second-order valence-electron chi connectivity index (χ2n) is 7.08. The van der Waals surface area contributed by atoms with Crippen molar-refractivity contribution >= 4 is 11.8 Å². The molecular weight excluding hydrogens is 292 g/mol. The van der Waals surface area contributed by atoms with Crippen molar-refractivity contribution in [2.75, 3.05) is 26.2 Å². The van der Waals surface area contributed by atoms with E-state index in [0.29, 0.717) is 19.6 Å². The van der Waals surface area contributed by atoms with Gasteiger partial charge in [-0.1, -0.05) is 19.9 Å². The van der Waals surface area contributed by atoms with Crippen LogP contribution in [0.4, 0.5) is 0 Å². The first-order valence-corrected chi connectivity index (χ1v) is 8.12.